The van der Waals surface area contributed by atoms with E-state index < -0.39 is 11.2 Å². The smallest absolute Gasteiger partial charge is 0.321 e. The van der Waals surface area contributed by atoms with Crippen molar-refractivity contribution in [2.24, 2.45) is 0 Å². The van der Waals surface area contributed by atoms with Crippen LogP contribution < -0.4 is 0 Å². The first-order valence-electron chi connectivity index (χ1n) is 5.47. The molecule has 0 aliphatic heterocycles. The van der Waals surface area contributed by atoms with Crippen molar-refractivity contribution in [1.29, 1.82) is 0 Å². The maximum Gasteiger partial charge on any atom is 0.321 e. The van der Waals surface area contributed by atoms with Crippen molar-refractivity contribution in [3.8, 4) is 0 Å². The number of thioether (sulfide) groups is 1. The normalized spacial score (nSPS) is 12.1. The van der Waals surface area contributed by atoms with Gasteiger partial charge in [-0.2, -0.15) is 0 Å². The Labute approximate surface area is 122 Å². The minimum Gasteiger partial charge on any atom is -0.480 e. The van der Waals surface area contributed by atoms with Crippen molar-refractivity contribution in [2.45, 2.75) is 10.1 Å². The zero-order chi connectivity index (χ0) is 13.8. The SMILES string of the molecule is O=C(O)[C@H](Sc1ccc(F)cc1)c1ccc(Br)cc1. The van der Waals surface area contributed by atoms with Crippen LogP contribution in [0.15, 0.2) is 57.9 Å². The second-order valence-electron chi connectivity index (χ2n) is 3.84. The van der Waals surface area contributed by atoms with E-state index in [0.29, 0.717) is 5.56 Å². The lowest BCUT2D eigenvalue weighted by Crippen LogP contribution is -2.07. The third-order valence-electron chi connectivity index (χ3n) is 2.46. The number of hydrogen-bond acceptors (Lipinski definition) is 2. The molecule has 2 rings (SSSR count). The van der Waals surface area contributed by atoms with E-state index in [9.17, 15) is 14.3 Å². The molecule has 0 saturated carbocycles. The van der Waals surface area contributed by atoms with Crippen LogP contribution in [0, 0.1) is 5.82 Å². The van der Waals surface area contributed by atoms with Crippen molar-refractivity contribution in [2.75, 3.05) is 0 Å². The first-order chi connectivity index (χ1) is 9.06. The molecule has 0 aromatic heterocycles. The van der Waals surface area contributed by atoms with Crippen LogP contribution >= 0.6 is 27.7 Å². The van der Waals surface area contributed by atoms with Gasteiger partial charge in [-0.25, -0.2) is 4.39 Å². The van der Waals surface area contributed by atoms with Crippen molar-refractivity contribution >= 4 is 33.7 Å². The number of carbonyl (C=O) groups is 1. The Morgan fingerprint density at radius 1 is 1.11 bits per heavy atom. The van der Waals surface area contributed by atoms with Crippen LogP contribution in [0.3, 0.4) is 0 Å². The number of rotatable bonds is 4. The van der Waals surface area contributed by atoms with Crippen molar-refractivity contribution < 1.29 is 14.3 Å². The van der Waals surface area contributed by atoms with Gasteiger partial charge in [-0.3, -0.25) is 4.79 Å². The summed E-state index contributed by atoms with van der Waals surface area (Å²) in [5.41, 5.74) is 0.699. The fourth-order valence-corrected chi connectivity index (χ4v) is 2.77. The molecule has 2 nitrogen and oxygen atoms in total. The molecule has 0 aliphatic rings. The number of carboxylic acids is 1. The molecule has 1 N–H and O–H groups in total. The Morgan fingerprint density at radius 2 is 1.68 bits per heavy atom. The van der Waals surface area contributed by atoms with E-state index in [-0.39, 0.29) is 5.82 Å². The van der Waals surface area contributed by atoms with Crippen LogP contribution in [-0.4, -0.2) is 11.1 Å². The Kier molecular flexibility index (Phi) is 4.61. The Morgan fingerprint density at radius 3 is 2.21 bits per heavy atom. The molecule has 2 aromatic rings. The van der Waals surface area contributed by atoms with Gasteiger partial charge in [-0.05, 0) is 42.0 Å². The lowest BCUT2D eigenvalue weighted by Gasteiger charge is -2.12. The minimum atomic E-state index is -0.920. The molecular formula is C14H10BrFO2S. The van der Waals surface area contributed by atoms with Gasteiger partial charge in [0.2, 0.25) is 0 Å². The fraction of sp³-hybridized carbons (Fsp3) is 0.0714. The Balaban J connectivity index is 2.23. The molecule has 2 aromatic carbocycles. The summed E-state index contributed by atoms with van der Waals surface area (Å²) in [6.45, 7) is 0. The maximum absolute atomic E-state index is 12.8. The summed E-state index contributed by atoms with van der Waals surface area (Å²) in [6.07, 6.45) is 0. The van der Waals surface area contributed by atoms with Gasteiger partial charge in [0, 0.05) is 9.37 Å². The summed E-state index contributed by atoms with van der Waals surface area (Å²) in [5.74, 6) is -1.25. The van der Waals surface area contributed by atoms with Gasteiger partial charge in [-0.15, -0.1) is 11.8 Å². The summed E-state index contributed by atoms with van der Waals surface area (Å²) >= 11 is 4.49. The van der Waals surface area contributed by atoms with Crippen LogP contribution in [0.1, 0.15) is 10.8 Å². The van der Waals surface area contributed by atoms with Crippen LogP contribution in [0.2, 0.25) is 0 Å². The standard InChI is InChI=1S/C14H10BrFO2S/c15-10-3-1-9(2-4-10)13(14(17)18)19-12-7-5-11(16)6-8-12/h1-8,13H,(H,17,18)/t13-/m1/s1. The van der Waals surface area contributed by atoms with E-state index in [1.807, 2.05) is 0 Å². The van der Waals surface area contributed by atoms with Gasteiger partial charge in [0.05, 0.1) is 0 Å². The third kappa shape index (κ3) is 3.81. The zero-order valence-electron chi connectivity index (χ0n) is 9.72. The molecule has 0 aliphatic carbocycles. The summed E-state index contributed by atoms with van der Waals surface area (Å²) in [6, 6.07) is 12.9. The largest absolute Gasteiger partial charge is 0.480 e. The van der Waals surface area contributed by atoms with E-state index in [4.69, 9.17) is 0 Å². The average Bonchev–Trinajstić information content (AvgIpc) is 2.39. The van der Waals surface area contributed by atoms with Gasteiger partial charge < -0.3 is 5.11 Å². The summed E-state index contributed by atoms with van der Waals surface area (Å²) in [4.78, 5) is 12.1. The topological polar surface area (TPSA) is 37.3 Å². The second kappa shape index (κ2) is 6.21. The molecule has 0 fully saturated rings. The fourth-order valence-electron chi connectivity index (χ4n) is 1.55. The highest BCUT2D eigenvalue weighted by Crippen LogP contribution is 2.35. The van der Waals surface area contributed by atoms with E-state index in [1.54, 1.807) is 36.4 Å². The average molecular weight is 341 g/mol. The number of aliphatic carboxylic acids is 1. The summed E-state index contributed by atoms with van der Waals surface area (Å²) in [7, 11) is 0. The number of benzene rings is 2. The lowest BCUT2D eigenvalue weighted by atomic mass is 10.1. The Hall–Kier alpha value is -1.33. The molecule has 0 radical (unpaired) electrons. The molecule has 0 heterocycles. The molecule has 0 saturated heterocycles. The van der Waals surface area contributed by atoms with E-state index in [0.717, 1.165) is 9.37 Å². The predicted molar refractivity (Wildman–Crippen MR) is 76.8 cm³/mol. The van der Waals surface area contributed by atoms with Crippen molar-refractivity contribution in [3.05, 3.63) is 64.4 Å². The molecule has 5 heteroatoms. The number of halogens is 2. The highest BCUT2D eigenvalue weighted by atomic mass is 79.9. The maximum atomic E-state index is 12.8. The number of hydrogen-bond donors (Lipinski definition) is 1. The molecule has 0 spiro atoms. The molecule has 98 valence electrons. The quantitative estimate of drug-likeness (QED) is 0.832. The Bertz CT molecular complexity index is 569. The van der Waals surface area contributed by atoms with Gasteiger partial charge in [-0.1, -0.05) is 28.1 Å². The third-order valence-corrected chi connectivity index (χ3v) is 4.25. The molecule has 0 amide bonds. The van der Waals surface area contributed by atoms with Crippen LogP contribution in [0.25, 0.3) is 0 Å². The van der Waals surface area contributed by atoms with Crippen LogP contribution in [0.5, 0.6) is 0 Å². The summed E-state index contributed by atoms with van der Waals surface area (Å²) in [5, 5.41) is 8.60. The van der Waals surface area contributed by atoms with Crippen LogP contribution in [-0.2, 0) is 4.79 Å². The van der Waals surface area contributed by atoms with E-state index >= 15 is 0 Å². The highest BCUT2D eigenvalue weighted by molar-refractivity contribution is 9.10. The first kappa shape index (κ1) is 14.1. The monoisotopic (exact) mass is 340 g/mol. The van der Waals surface area contributed by atoms with Gasteiger partial charge >= 0.3 is 5.97 Å². The van der Waals surface area contributed by atoms with Crippen LogP contribution in [0.4, 0.5) is 4.39 Å². The summed E-state index contributed by atoms with van der Waals surface area (Å²) < 4.78 is 13.7. The number of carboxylic acid groups (broad SMARTS) is 1. The first-order valence-corrected chi connectivity index (χ1v) is 7.14. The molecule has 0 bridgehead atoms. The minimum absolute atomic E-state index is 0.333. The van der Waals surface area contributed by atoms with E-state index in [2.05, 4.69) is 15.9 Å². The molecule has 19 heavy (non-hydrogen) atoms. The van der Waals surface area contributed by atoms with Gasteiger partial charge in [0.15, 0.2) is 0 Å². The predicted octanol–water partition coefficient (Wildman–Crippen LogP) is 4.51. The van der Waals surface area contributed by atoms with E-state index in [1.165, 1.54) is 23.9 Å². The van der Waals surface area contributed by atoms with Crippen molar-refractivity contribution in [3.63, 3.8) is 0 Å². The zero-order valence-corrected chi connectivity index (χ0v) is 12.1. The second-order valence-corrected chi connectivity index (χ2v) is 5.94. The van der Waals surface area contributed by atoms with Gasteiger partial charge in [0.1, 0.15) is 11.1 Å². The lowest BCUT2D eigenvalue weighted by molar-refractivity contribution is -0.136. The molecule has 1 atom stereocenters. The van der Waals surface area contributed by atoms with Gasteiger partial charge in [0.25, 0.3) is 0 Å². The molecular weight excluding hydrogens is 331 g/mol. The molecule has 0 unspecified atom stereocenters. The highest BCUT2D eigenvalue weighted by Gasteiger charge is 2.21. The van der Waals surface area contributed by atoms with Crippen molar-refractivity contribution in [1.82, 2.24) is 0 Å².